The van der Waals surface area contributed by atoms with Crippen LogP contribution >= 0.6 is 11.6 Å². The highest BCUT2D eigenvalue weighted by molar-refractivity contribution is 6.46. The van der Waals surface area contributed by atoms with E-state index in [4.69, 9.17) is 16.3 Å². The fraction of sp³-hybridized carbons (Fsp3) is 0.333. The van der Waals surface area contributed by atoms with Crippen LogP contribution in [0, 0.1) is 12.8 Å². The number of rotatable bonds is 5. The summed E-state index contributed by atoms with van der Waals surface area (Å²) in [5.74, 6) is -0.351. The summed E-state index contributed by atoms with van der Waals surface area (Å²) in [5, 5.41) is 10.1. The number of imide groups is 1. The Labute approximate surface area is 186 Å². The van der Waals surface area contributed by atoms with Crippen LogP contribution in [0.2, 0.25) is 5.02 Å². The van der Waals surface area contributed by atoms with Crippen molar-refractivity contribution in [3.63, 3.8) is 0 Å². The lowest BCUT2D eigenvalue weighted by molar-refractivity contribution is -0.120. The summed E-state index contributed by atoms with van der Waals surface area (Å²) in [5.41, 5.74) is 2.81. The number of likely N-dealkylation sites (tertiary alicyclic amines) is 1. The van der Waals surface area contributed by atoms with Gasteiger partial charge in [-0.3, -0.25) is 9.59 Å². The third-order valence-electron chi connectivity index (χ3n) is 5.87. The number of aliphatic hydroxyl groups excluding tert-OH is 1. The van der Waals surface area contributed by atoms with Gasteiger partial charge in [-0.15, -0.1) is 0 Å². The molecule has 2 aliphatic heterocycles. The van der Waals surface area contributed by atoms with Crippen LogP contribution in [0.4, 0.5) is 5.69 Å². The van der Waals surface area contributed by atoms with Gasteiger partial charge in [-0.05, 0) is 49.4 Å². The predicted molar refractivity (Wildman–Crippen MR) is 120 cm³/mol. The Balaban J connectivity index is 1.85. The molecule has 0 spiro atoms. The van der Waals surface area contributed by atoms with Gasteiger partial charge < -0.3 is 14.7 Å². The van der Waals surface area contributed by atoms with Crippen molar-refractivity contribution in [2.75, 3.05) is 31.7 Å². The van der Waals surface area contributed by atoms with E-state index in [0.29, 0.717) is 46.4 Å². The Morgan fingerprint density at radius 1 is 1.13 bits per heavy atom. The Hall–Kier alpha value is -2.83. The average Bonchev–Trinajstić information content (AvgIpc) is 3.04. The molecule has 0 aliphatic carbocycles. The van der Waals surface area contributed by atoms with Crippen LogP contribution in [0.25, 0.3) is 5.57 Å². The SMILES string of the molecule is COc1ccc(Cl)cc1N1C(=O)C(c2ccc(C)cc2)=C(N2CCCC(CO)C2)C1=O. The number of anilines is 1. The van der Waals surface area contributed by atoms with Crippen LogP contribution in [-0.2, 0) is 9.59 Å². The Bertz CT molecular complexity index is 1050. The van der Waals surface area contributed by atoms with E-state index < -0.39 is 11.8 Å². The lowest BCUT2D eigenvalue weighted by Gasteiger charge is -2.34. The number of piperidine rings is 1. The van der Waals surface area contributed by atoms with E-state index in [2.05, 4.69) is 0 Å². The molecule has 1 unspecified atom stereocenters. The van der Waals surface area contributed by atoms with Crippen molar-refractivity contribution in [2.24, 2.45) is 5.92 Å². The second-order valence-corrected chi connectivity index (χ2v) is 8.42. The summed E-state index contributed by atoms with van der Waals surface area (Å²) in [7, 11) is 1.49. The van der Waals surface area contributed by atoms with Crippen molar-refractivity contribution in [2.45, 2.75) is 19.8 Å². The van der Waals surface area contributed by atoms with Crippen molar-refractivity contribution < 1.29 is 19.4 Å². The summed E-state index contributed by atoms with van der Waals surface area (Å²) in [6, 6.07) is 12.4. The number of halogens is 1. The summed E-state index contributed by atoms with van der Waals surface area (Å²) in [4.78, 5) is 30.4. The van der Waals surface area contributed by atoms with Gasteiger partial charge in [0.1, 0.15) is 11.4 Å². The third-order valence-corrected chi connectivity index (χ3v) is 6.11. The van der Waals surface area contributed by atoms with Crippen molar-refractivity contribution in [1.29, 1.82) is 0 Å². The molecule has 2 heterocycles. The molecule has 2 aromatic rings. The van der Waals surface area contributed by atoms with Crippen LogP contribution in [0.1, 0.15) is 24.0 Å². The second-order valence-electron chi connectivity index (χ2n) is 7.99. The second kappa shape index (κ2) is 8.73. The van der Waals surface area contributed by atoms with E-state index in [1.54, 1.807) is 18.2 Å². The zero-order valence-corrected chi connectivity index (χ0v) is 18.4. The van der Waals surface area contributed by atoms with Crippen LogP contribution in [0.5, 0.6) is 5.75 Å². The lowest BCUT2D eigenvalue weighted by atomic mass is 9.96. The van der Waals surface area contributed by atoms with Crippen LogP contribution in [-0.4, -0.2) is 48.6 Å². The van der Waals surface area contributed by atoms with Crippen molar-refractivity contribution in [3.05, 3.63) is 64.3 Å². The fourth-order valence-electron chi connectivity index (χ4n) is 4.27. The van der Waals surface area contributed by atoms with Gasteiger partial charge in [0.05, 0.1) is 18.4 Å². The Morgan fingerprint density at radius 3 is 2.55 bits per heavy atom. The van der Waals surface area contributed by atoms with Gasteiger partial charge in [0.25, 0.3) is 11.8 Å². The first-order valence-electron chi connectivity index (χ1n) is 10.3. The molecule has 2 aromatic carbocycles. The maximum absolute atomic E-state index is 13.7. The molecule has 4 rings (SSSR count). The van der Waals surface area contributed by atoms with Gasteiger partial charge in [0.15, 0.2) is 0 Å². The minimum atomic E-state index is -0.407. The molecule has 0 saturated carbocycles. The van der Waals surface area contributed by atoms with Gasteiger partial charge >= 0.3 is 0 Å². The molecule has 7 heteroatoms. The van der Waals surface area contributed by atoms with Gasteiger partial charge in [0.2, 0.25) is 0 Å². The van der Waals surface area contributed by atoms with Crippen molar-refractivity contribution in [1.82, 2.24) is 4.90 Å². The number of aliphatic hydroxyl groups is 1. The quantitative estimate of drug-likeness (QED) is 0.719. The van der Waals surface area contributed by atoms with Gasteiger partial charge in [0, 0.05) is 24.7 Å². The van der Waals surface area contributed by atoms with Crippen LogP contribution < -0.4 is 9.64 Å². The molecule has 1 saturated heterocycles. The van der Waals surface area contributed by atoms with Crippen molar-refractivity contribution in [3.8, 4) is 5.75 Å². The summed E-state index contributed by atoms with van der Waals surface area (Å²) >= 11 is 6.18. The molecule has 162 valence electrons. The normalized spacial score (nSPS) is 19.4. The monoisotopic (exact) mass is 440 g/mol. The fourth-order valence-corrected chi connectivity index (χ4v) is 4.43. The van der Waals surface area contributed by atoms with E-state index in [0.717, 1.165) is 23.3 Å². The van der Waals surface area contributed by atoms with E-state index >= 15 is 0 Å². The Morgan fingerprint density at radius 2 is 1.87 bits per heavy atom. The highest BCUT2D eigenvalue weighted by Crippen LogP contribution is 2.40. The number of nitrogens with zero attached hydrogens (tertiary/aromatic N) is 2. The molecule has 1 fully saturated rings. The number of benzene rings is 2. The van der Waals surface area contributed by atoms with E-state index in [1.165, 1.54) is 7.11 Å². The molecule has 31 heavy (non-hydrogen) atoms. The van der Waals surface area contributed by atoms with E-state index in [-0.39, 0.29) is 12.5 Å². The first-order valence-corrected chi connectivity index (χ1v) is 10.7. The van der Waals surface area contributed by atoms with Gasteiger partial charge in [-0.25, -0.2) is 4.90 Å². The van der Waals surface area contributed by atoms with Crippen LogP contribution in [0.15, 0.2) is 48.2 Å². The highest BCUT2D eigenvalue weighted by Gasteiger charge is 2.44. The number of carbonyl (C=O) groups is 2. The van der Waals surface area contributed by atoms with Gasteiger partial charge in [-0.2, -0.15) is 0 Å². The average molecular weight is 441 g/mol. The molecular formula is C24H25ClN2O4. The van der Waals surface area contributed by atoms with E-state index in [9.17, 15) is 14.7 Å². The number of aryl methyl sites for hydroxylation is 1. The maximum Gasteiger partial charge on any atom is 0.282 e. The maximum atomic E-state index is 13.7. The van der Waals surface area contributed by atoms with Gasteiger partial charge in [-0.1, -0.05) is 41.4 Å². The van der Waals surface area contributed by atoms with E-state index in [1.807, 2.05) is 36.1 Å². The first-order chi connectivity index (χ1) is 14.9. The predicted octanol–water partition coefficient (Wildman–Crippen LogP) is 3.65. The molecule has 2 aliphatic rings. The third kappa shape index (κ3) is 3.93. The number of ether oxygens (including phenoxy) is 1. The molecule has 1 atom stereocenters. The molecule has 6 nitrogen and oxygen atoms in total. The molecule has 0 bridgehead atoms. The zero-order valence-electron chi connectivity index (χ0n) is 17.6. The summed E-state index contributed by atoms with van der Waals surface area (Å²) in [6.07, 6.45) is 1.74. The molecule has 0 aromatic heterocycles. The molecule has 2 amide bonds. The summed E-state index contributed by atoms with van der Waals surface area (Å²) < 4.78 is 5.41. The minimum absolute atomic E-state index is 0.0532. The van der Waals surface area contributed by atoms with Crippen molar-refractivity contribution >= 4 is 34.7 Å². The molecular weight excluding hydrogens is 416 g/mol. The summed E-state index contributed by atoms with van der Waals surface area (Å²) in [6.45, 7) is 3.21. The standard InChI is InChI=1S/C24H25ClN2O4/c1-15-5-7-17(8-6-15)21-22(26-11-3-4-16(13-26)14-28)24(30)27(23(21)29)19-12-18(25)9-10-20(19)31-2/h5-10,12,16,28H,3-4,11,13-14H2,1-2H3. The topological polar surface area (TPSA) is 70.1 Å². The minimum Gasteiger partial charge on any atom is -0.495 e. The smallest absolute Gasteiger partial charge is 0.282 e. The molecule has 1 N–H and O–H groups in total. The number of amides is 2. The first kappa shape index (κ1) is 21.4. The number of hydrogen-bond acceptors (Lipinski definition) is 5. The number of carbonyl (C=O) groups excluding carboxylic acids is 2. The largest absolute Gasteiger partial charge is 0.495 e. The van der Waals surface area contributed by atoms with Crippen LogP contribution in [0.3, 0.4) is 0 Å². The number of hydrogen-bond donors (Lipinski definition) is 1. The highest BCUT2D eigenvalue weighted by atomic mass is 35.5. The zero-order chi connectivity index (χ0) is 22.1. The lowest BCUT2D eigenvalue weighted by Crippen LogP contribution is -2.40. The number of methoxy groups -OCH3 is 1. The molecule has 0 radical (unpaired) electrons. The Kier molecular flexibility index (Phi) is 6.03.